The van der Waals surface area contributed by atoms with Crippen molar-refractivity contribution < 1.29 is 9.90 Å². The van der Waals surface area contributed by atoms with Crippen LogP contribution in [0.1, 0.15) is 25.7 Å². The number of nitrogens with zero attached hydrogens (tertiary/aromatic N) is 2. The fourth-order valence-corrected chi connectivity index (χ4v) is 5.34. The minimum Gasteiger partial charge on any atom is -0.480 e. The number of hydrogen-bond donors (Lipinski definition) is 2. The molecule has 4 unspecified atom stereocenters. The number of carboxylic acid groups (broad SMARTS) is 1. The molecule has 4 atom stereocenters. The number of aliphatic carboxylic acids is 1. The number of fused-ring (bicyclic) bond motifs is 2. The number of hydrogen-bond acceptors (Lipinski definition) is 5. The predicted octanol–water partition coefficient (Wildman–Crippen LogP) is 3.58. The number of aliphatic imine (C=N–C) groups is 1. The highest BCUT2D eigenvalue weighted by Gasteiger charge is 2.31. The summed E-state index contributed by atoms with van der Waals surface area (Å²) < 4.78 is 0. The molecule has 4 rings (SSSR count). The van der Waals surface area contributed by atoms with Crippen LogP contribution in [0.4, 0.5) is 0 Å². The molecule has 0 aromatic rings. The molecule has 0 amide bonds. The molecule has 2 N–H and O–H groups in total. The van der Waals surface area contributed by atoms with Crippen molar-refractivity contribution in [3.63, 3.8) is 0 Å². The quantitative estimate of drug-likeness (QED) is 0.622. The van der Waals surface area contributed by atoms with Gasteiger partial charge in [-0.15, -0.1) is 0 Å². The van der Waals surface area contributed by atoms with Crippen LogP contribution in [0.15, 0.2) is 64.9 Å². The summed E-state index contributed by atoms with van der Waals surface area (Å²) in [5, 5.41) is 13.6. The van der Waals surface area contributed by atoms with Crippen LogP contribution >= 0.6 is 11.8 Å². The number of allylic oxidation sites excluding steroid dienone is 6. The highest BCUT2D eigenvalue weighted by Crippen LogP contribution is 2.31. The van der Waals surface area contributed by atoms with Gasteiger partial charge < -0.3 is 10.4 Å². The van der Waals surface area contributed by atoms with E-state index in [9.17, 15) is 9.90 Å². The summed E-state index contributed by atoms with van der Waals surface area (Å²) in [6.07, 6.45) is 23.3. The van der Waals surface area contributed by atoms with Crippen LogP contribution < -0.4 is 5.32 Å². The third-order valence-electron chi connectivity index (χ3n) is 6.31. The van der Waals surface area contributed by atoms with E-state index >= 15 is 0 Å². The highest BCUT2D eigenvalue weighted by atomic mass is 32.2. The van der Waals surface area contributed by atoms with Crippen LogP contribution in [0.3, 0.4) is 0 Å². The summed E-state index contributed by atoms with van der Waals surface area (Å²) in [4.78, 5) is 19.1. The fraction of sp³-hybridized carbons (Fsp3) is 0.500. The lowest BCUT2D eigenvalue weighted by Crippen LogP contribution is -2.53. The highest BCUT2D eigenvalue weighted by molar-refractivity contribution is 7.98. The van der Waals surface area contributed by atoms with E-state index in [4.69, 9.17) is 4.99 Å². The first kappa shape index (κ1) is 21.3. The van der Waals surface area contributed by atoms with Gasteiger partial charge in [-0.1, -0.05) is 42.5 Å². The molecule has 0 saturated heterocycles. The van der Waals surface area contributed by atoms with Gasteiger partial charge in [0.15, 0.2) is 0 Å². The summed E-state index contributed by atoms with van der Waals surface area (Å²) in [6, 6.07) is -0.0576. The first-order chi connectivity index (χ1) is 14.6. The topological polar surface area (TPSA) is 64.9 Å². The van der Waals surface area contributed by atoms with Crippen molar-refractivity contribution in [2.45, 2.75) is 43.8 Å². The second-order valence-electron chi connectivity index (χ2n) is 8.42. The molecule has 0 radical (unpaired) electrons. The molecular weight excluding hydrogens is 394 g/mol. The SMILES string of the molecule is CSCC(C(=O)O)N(CC1=NC2=CC=CCC2CC1)CC1C=CC2=CC=CCC2N1. The fourth-order valence-electron chi connectivity index (χ4n) is 4.67. The molecule has 2 aliphatic carbocycles. The average Bonchev–Trinajstić information content (AvgIpc) is 2.76. The number of nitrogens with one attached hydrogen (secondary N) is 1. The second-order valence-corrected chi connectivity index (χ2v) is 9.33. The first-order valence-corrected chi connectivity index (χ1v) is 12.2. The van der Waals surface area contributed by atoms with E-state index in [2.05, 4.69) is 58.8 Å². The molecule has 6 heteroatoms. The molecule has 0 aromatic heterocycles. The van der Waals surface area contributed by atoms with Gasteiger partial charge in [-0.2, -0.15) is 11.8 Å². The van der Waals surface area contributed by atoms with Gasteiger partial charge in [0, 0.05) is 48.3 Å². The van der Waals surface area contributed by atoms with Crippen LogP contribution in [0.2, 0.25) is 0 Å². The third kappa shape index (κ3) is 5.05. The number of thioether (sulfide) groups is 1. The van der Waals surface area contributed by atoms with Gasteiger partial charge in [0.25, 0.3) is 0 Å². The Labute approximate surface area is 183 Å². The normalized spacial score (nSPS) is 28.3. The molecule has 0 aromatic carbocycles. The Hall–Kier alpha value is -1.89. The Kier molecular flexibility index (Phi) is 7.08. The maximum absolute atomic E-state index is 12.1. The lowest BCUT2D eigenvalue weighted by Gasteiger charge is -2.36. The summed E-state index contributed by atoms with van der Waals surface area (Å²) in [5.41, 5.74) is 3.58. The van der Waals surface area contributed by atoms with E-state index in [-0.39, 0.29) is 6.04 Å². The van der Waals surface area contributed by atoms with Gasteiger partial charge >= 0.3 is 5.97 Å². The zero-order chi connectivity index (χ0) is 20.9. The lowest BCUT2D eigenvalue weighted by atomic mass is 9.88. The van der Waals surface area contributed by atoms with Crippen LogP contribution in [0.5, 0.6) is 0 Å². The molecule has 160 valence electrons. The van der Waals surface area contributed by atoms with E-state index in [1.807, 2.05) is 6.26 Å². The Balaban J connectivity index is 1.51. The largest absolute Gasteiger partial charge is 0.480 e. The van der Waals surface area contributed by atoms with Gasteiger partial charge in [-0.05, 0) is 43.6 Å². The molecule has 2 heterocycles. The Morgan fingerprint density at radius 1 is 1.33 bits per heavy atom. The van der Waals surface area contributed by atoms with Crippen LogP contribution in [-0.2, 0) is 4.79 Å². The van der Waals surface area contributed by atoms with Crippen molar-refractivity contribution in [2.24, 2.45) is 10.9 Å². The average molecular weight is 426 g/mol. The molecule has 4 aliphatic rings. The Morgan fingerprint density at radius 2 is 2.17 bits per heavy atom. The third-order valence-corrected chi connectivity index (χ3v) is 6.96. The predicted molar refractivity (Wildman–Crippen MR) is 125 cm³/mol. The van der Waals surface area contributed by atoms with Gasteiger partial charge in [0.2, 0.25) is 0 Å². The Morgan fingerprint density at radius 3 is 3.00 bits per heavy atom. The number of carboxylic acids is 1. The first-order valence-electron chi connectivity index (χ1n) is 10.8. The number of carbonyl (C=O) groups is 1. The standard InChI is InChI=1S/C24H31N3O2S/c1-30-16-23(24(28)29)27(14-19-12-10-17-6-2-4-8-21(17)25-19)15-20-13-11-18-7-3-5-9-22(18)26-20/h2-6,9-10,12,18-19,21,23,25H,7-8,11,13-16H2,1H3,(H,28,29). The van der Waals surface area contributed by atoms with Gasteiger partial charge in [0.05, 0.1) is 0 Å². The molecular formula is C24H31N3O2S. The maximum Gasteiger partial charge on any atom is 0.321 e. The van der Waals surface area contributed by atoms with Crippen molar-refractivity contribution in [2.75, 3.05) is 25.1 Å². The van der Waals surface area contributed by atoms with Crippen molar-refractivity contribution in [3.05, 3.63) is 59.9 Å². The van der Waals surface area contributed by atoms with Crippen molar-refractivity contribution in [3.8, 4) is 0 Å². The zero-order valence-electron chi connectivity index (χ0n) is 17.5. The van der Waals surface area contributed by atoms with E-state index < -0.39 is 12.0 Å². The summed E-state index contributed by atoms with van der Waals surface area (Å²) in [6.45, 7) is 1.29. The van der Waals surface area contributed by atoms with Gasteiger partial charge in [0.1, 0.15) is 6.04 Å². The molecule has 2 aliphatic heterocycles. The molecule has 30 heavy (non-hydrogen) atoms. The smallest absolute Gasteiger partial charge is 0.321 e. The summed E-state index contributed by atoms with van der Waals surface area (Å²) in [5.74, 6) is 0.352. The van der Waals surface area contributed by atoms with E-state index in [0.717, 1.165) is 37.1 Å². The van der Waals surface area contributed by atoms with Crippen LogP contribution in [0.25, 0.3) is 0 Å². The molecule has 0 saturated carbocycles. The van der Waals surface area contributed by atoms with Crippen LogP contribution in [-0.4, -0.2) is 64.9 Å². The lowest BCUT2D eigenvalue weighted by molar-refractivity contribution is -0.142. The second kappa shape index (κ2) is 9.94. The summed E-state index contributed by atoms with van der Waals surface area (Å²) in [7, 11) is 0. The molecule has 0 bridgehead atoms. The maximum atomic E-state index is 12.1. The van der Waals surface area contributed by atoms with Crippen molar-refractivity contribution >= 4 is 23.4 Å². The summed E-state index contributed by atoms with van der Waals surface area (Å²) >= 11 is 1.59. The zero-order valence-corrected chi connectivity index (χ0v) is 18.4. The van der Waals surface area contributed by atoms with Gasteiger partial charge in [-0.25, -0.2) is 0 Å². The molecule has 5 nitrogen and oxygen atoms in total. The minimum atomic E-state index is -0.751. The van der Waals surface area contributed by atoms with Crippen LogP contribution in [0, 0.1) is 5.92 Å². The van der Waals surface area contributed by atoms with Crippen molar-refractivity contribution in [1.29, 1.82) is 0 Å². The monoisotopic (exact) mass is 425 g/mol. The Bertz CT molecular complexity index is 839. The number of rotatable bonds is 8. The minimum absolute atomic E-state index is 0.135. The van der Waals surface area contributed by atoms with Crippen molar-refractivity contribution in [1.82, 2.24) is 10.2 Å². The molecule has 0 fully saturated rings. The van der Waals surface area contributed by atoms with Gasteiger partial charge in [-0.3, -0.25) is 14.7 Å². The van der Waals surface area contributed by atoms with E-state index in [1.165, 1.54) is 5.57 Å². The van der Waals surface area contributed by atoms with E-state index in [0.29, 0.717) is 30.8 Å². The van der Waals surface area contributed by atoms with E-state index in [1.54, 1.807) is 11.8 Å². The molecule has 0 spiro atoms.